The van der Waals surface area contributed by atoms with Crippen molar-refractivity contribution in [3.05, 3.63) is 42.0 Å². The summed E-state index contributed by atoms with van der Waals surface area (Å²) < 4.78 is 5.49. The first-order valence-corrected chi connectivity index (χ1v) is 4.71. The van der Waals surface area contributed by atoms with Crippen molar-refractivity contribution < 1.29 is 9.84 Å². The molecule has 0 saturated heterocycles. The summed E-state index contributed by atoms with van der Waals surface area (Å²) in [5.74, 6) is 0.874. The molecule has 0 saturated carbocycles. The molecule has 74 valence electrons. The fourth-order valence-corrected chi connectivity index (χ4v) is 1.63. The van der Waals surface area contributed by atoms with Crippen LogP contribution in [0.4, 0.5) is 0 Å². The first-order valence-electron chi connectivity index (χ1n) is 4.71. The SMILES string of the molecule is C=C(C)C1(O)COc2ccccc2C1. The quantitative estimate of drug-likeness (QED) is 0.686. The number of hydrogen-bond donors (Lipinski definition) is 1. The molecule has 0 fully saturated rings. The Labute approximate surface area is 83.8 Å². The number of para-hydroxylation sites is 1. The molecular weight excluding hydrogens is 176 g/mol. The minimum Gasteiger partial charge on any atom is -0.490 e. The van der Waals surface area contributed by atoms with Gasteiger partial charge in [0.2, 0.25) is 0 Å². The van der Waals surface area contributed by atoms with Gasteiger partial charge in [0.1, 0.15) is 18.0 Å². The lowest BCUT2D eigenvalue weighted by molar-refractivity contribution is 0.0150. The molecule has 0 amide bonds. The molecule has 0 radical (unpaired) electrons. The summed E-state index contributed by atoms with van der Waals surface area (Å²) >= 11 is 0. The van der Waals surface area contributed by atoms with Gasteiger partial charge in [-0.1, -0.05) is 24.8 Å². The van der Waals surface area contributed by atoms with Crippen LogP contribution in [0.25, 0.3) is 0 Å². The van der Waals surface area contributed by atoms with Crippen LogP contribution < -0.4 is 4.74 Å². The van der Waals surface area contributed by atoms with E-state index in [2.05, 4.69) is 6.58 Å². The fourth-order valence-electron chi connectivity index (χ4n) is 1.63. The van der Waals surface area contributed by atoms with Crippen LogP contribution in [0.2, 0.25) is 0 Å². The highest BCUT2D eigenvalue weighted by Gasteiger charge is 2.34. The van der Waals surface area contributed by atoms with Crippen molar-refractivity contribution in [2.75, 3.05) is 6.61 Å². The molecule has 1 aliphatic heterocycles. The molecule has 2 nitrogen and oxygen atoms in total. The van der Waals surface area contributed by atoms with Gasteiger partial charge < -0.3 is 9.84 Å². The maximum atomic E-state index is 10.2. The largest absolute Gasteiger partial charge is 0.490 e. The lowest BCUT2D eigenvalue weighted by Crippen LogP contribution is -2.42. The molecule has 1 aromatic carbocycles. The fraction of sp³-hybridized carbons (Fsp3) is 0.333. The zero-order valence-electron chi connectivity index (χ0n) is 8.29. The van der Waals surface area contributed by atoms with Crippen LogP contribution in [0.15, 0.2) is 36.4 Å². The maximum absolute atomic E-state index is 10.2. The minimum absolute atomic E-state index is 0.305. The molecule has 2 heteroatoms. The first-order chi connectivity index (χ1) is 6.62. The minimum atomic E-state index is -0.894. The average molecular weight is 190 g/mol. The van der Waals surface area contributed by atoms with Gasteiger partial charge in [0.15, 0.2) is 0 Å². The van der Waals surface area contributed by atoms with Gasteiger partial charge in [-0.05, 0) is 24.1 Å². The summed E-state index contributed by atoms with van der Waals surface area (Å²) in [6, 6.07) is 7.78. The Morgan fingerprint density at radius 1 is 1.50 bits per heavy atom. The second-order valence-corrected chi connectivity index (χ2v) is 3.89. The average Bonchev–Trinajstić information content (AvgIpc) is 2.17. The first kappa shape index (κ1) is 9.28. The molecule has 1 unspecified atom stereocenters. The number of benzene rings is 1. The lowest BCUT2D eigenvalue weighted by atomic mass is 9.87. The molecular formula is C12H14O2. The Kier molecular flexibility index (Phi) is 2.08. The van der Waals surface area contributed by atoms with E-state index >= 15 is 0 Å². The molecule has 1 aliphatic rings. The number of fused-ring (bicyclic) bond motifs is 1. The monoisotopic (exact) mass is 190 g/mol. The van der Waals surface area contributed by atoms with Crippen molar-refractivity contribution in [1.82, 2.24) is 0 Å². The zero-order chi connectivity index (χ0) is 10.2. The highest BCUT2D eigenvalue weighted by molar-refractivity contribution is 5.38. The van der Waals surface area contributed by atoms with Gasteiger partial charge in [-0.2, -0.15) is 0 Å². The Morgan fingerprint density at radius 3 is 2.93 bits per heavy atom. The van der Waals surface area contributed by atoms with E-state index < -0.39 is 5.60 Å². The zero-order valence-corrected chi connectivity index (χ0v) is 8.29. The van der Waals surface area contributed by atoms with Crippen LogP contribution in [0.5, 0.6) is 5.75 Å². The standard InChI is InChI=1S/C12H14O2/c1-9(2)12(13)7-10-5-3-4-6-11(10)14-8-12/h3-6,13H,1,7-8H2,2H3. The van der Waals surface area contributed by atoms with E-state index in [1.54, 1.807) is 0 Å². The predicted molar refractivity (Wildman–Crippen MR) is 55.4 cm³/mol. The van der Waals surface area contributed by atoms with E-state index in [1.165, 1.54) is 0 Å². The number of ether oxygens (including phenoxy) is 1. The molecule has 1 N–H and O–H groups in total. The third kappa shape index (κ3) is 1.42. The molecule has 0 spiro atoms. The van der Waals surface area contributed by atoms with Crippen molar-refractivity contribution in [2.24, 2.45) is 0 Å². The molecule has 1 heterocycles. The summed E-state index contributed by atoms with van der Waals surface area (Å²) in [6.45, 7) is 5.93. The third-order valence-electron chi connectivity index (χ3n) is 2.72. The van der Waals surface area contributed by atoms with Gasteiger partial charge in [0.05, 0.1) is 0 Å². The Balaban J connectivity index is 2.34. The number of rotatable bonds is 1. The summed E-state index contributed by atoms with van der Waals surface area (Å²) in [7, 11) is 0. The summed E-state index contributed by atoms with van der Waals surface area (Å²) in [5, 5.41) is 10.2. The van der Waals surface area contributed by atoms with Gasteiger partial charge in [-0.15, -0.1) is 0 Å². The van der Waals surface area contributed by atoms with Crippen molar-refractivity contribution in [2.45, 2.75) is 18.9 Å². The van der Waals surface area contributed by atoms with E-state index in [9.17, 15) is 5.11 Å². The normalized spacial score (nSPS) is 25.0. The topological polar surface area (TPSA) is 29.5 Å². The van der Waals surface area contributed by atoms with Crippen LogP contribution >= 0.6 is 0 Å². The van der Waals surface area contributed by atoms with Gasteiger partial charge in [-0.25, -0.2) is 0 Å². The Hall–Kier alpha value is -1.28. The molecule has 1 atom stereocenters. The van der Waals surface area contributed by atoms with E-state index in [4.69, 9.17) is 4.74 Å². The molecule has 0 bridgehead atoms. The summed E-state index contributed by atoms with van der Waals surface area (Å²) in [6.07, 6.45) is 0.596. The van der Waals surface area contributed by atoms with E-state index in [0.29, 0.717) is 13.0 Å². The van der Waals surface area contributed by atoms with Crippen molar-refractivity contribution in [3.63, 3.8) is 0 Å². The van der Waals surface area contributed by atoms with Gasteiger partial charge >= 0.3 is 0 Å². The smallest absolute Gasteiger partial charge is 0.123 e. The van der Waals surface area contributed by atoms with Gasteiger partial charge in [0.25, 0.3) is 0 Å². The summed E-state index contributed by atoms with van der Waals surface area (Å²) in [5.41, 5.74) is 0.908. The third-order valence-corrected chi connectivity index (χ3v) is 2.72. The second-order valence-electron chi connectivity index (χ2n) is 3.89. The maximum Gasteiger partial charge on any atom is 0.123 e. The van der Waals surface area contributed by atoms with E-state index in [1.807, 2.05) is 31.2 Å². The second kappa shape index (κ2) is 3.14. The Bertz CT molecular complexity index is 370. The van der Waals surface area contributed by atoms with Crippen molar-refractivity contribution in [3.8, 4) is 5.75 Å². The predicted octanol–water partition coefficient (Wildman–Crippen LogP) is 1.93. The van der Waals surface area contributed by atoms with Crippen LogP contribution in [0.3, 0.4) is 0 Å². The Morgan fingerprint density at radius 2 is 2.21 bits per heavy atom. The van der Waals surface area contributed by atoms with Crippen molar-refractivity contribution >= 4 is 0 Å². The van der Waals surface area contributed by atoms with Crippen LogP contribution in [0, 0.1) is 0 Å². The lowest BCUT2D eigenvalue weighted by Gasteiger charge is -2.33. The molecule has 0 aromatic heterocycles. The van der Waals surface area contributed by atoms with E-state index in [0.717, 1.165) is 16.9 Å². The van der Waals surface area contributed by atoms with Gasteiger partial charge in [0, 0.05) is 6.42 Å². The molecule has 0 aliphatic carbocycles. The van der Waals surface area contributed by atoms with Gasteiger partial charge in [-0.3, -0.25) is 0 Å². The number of hydrogen-bond acceptors (Lipinski definition) is 2. The van der Waals surface area contributed by atoms with Crippen LogP contribution in [-0.2, 0) is 6.42 Å². The summed E-state index contributed by atoms with van der Waals surface area (Å²) in [4.78, 5) is 0. The highest BCUT2D eigenvalue weighted by atomic mass is 16.5. The van der Waals surface area contributed by atoms with E-state index in [-0.39, 0.29) is 0 Å². The molecule has 1 aromatic rings. The number of aliphatic hydroxyl groups is 1. The van der Waals surface area contributed by atoms with Crippen LogP contribution in [0.1, 0.15) is 12.5 Å². The molecule has 2 rings (SSSR count). The molecule has 14 heavy (non-hydrogen) atoms. The highest BCUT2D eigenvalue weighted by Crippen LogP contribution is 2.32. The van der Waals surface area contributed by atoms with Crippen molar-refractivity contribution in [1.29, 1.82) is 0 Å². The van der Waals surface area contributed by atoms with Crippen LogP contribution in [-0.4, -0.2) is 17.3 Å².